The molecule has 0 bridgehead atoms. The zero-order valence-electron chi connectivity index (χ0n) is 17.2. The van der Waals surface area contributed by atoms with E-state index in [1.54, 1.807) is 23.5 Å². The summed E-state index contributed by atoms with van der Waals surface area (Å²) in [5, 5.41) is 18.7. The largest absolute Gasteiger partial charge is 0.435 e. The van der Waals surface area contributed by atoms with Crippen LogP contribution in [0.2, 0.25) is 0 Å². The zero-order chi connectivity index (χ0) is 21.2. The molecule has 0 aliphatic rings. The molecule has 30 heavy (non-hydrogen) atoms. The maximum absolute atomic E-state index is 12.2. The molecule has 10 heteroatoms. The standard InChI is InChI=1S/C20H28F2N4O2S.HI/c1-4-23-20(24-12-16(26(2)3)18-6-5-11-29-18)25-13-17(27)14-7-9-15(10-8-14)28-19(21)22;/h5-11,16-17,19,27H,4,12-13H2,1-3H3,(H2,23,24,25);1H. The normalized spacial score (nSPS) is 13.7. The molecule has 2 atom stereocenters. The van der Waals surface area contributed by atoms with Crippen molar-refractivity contribution in [3.05, 3.63) is 52.2 Å². The van der Waals surface area contributed by atoms with E-state index in [1.807, 2.05) is 32.5 Å². The van der Waals surface area contributed by atoms with Crippen LogP contribution in [0.3, 0.4) is 0 Å². The second-order valence-corrected chi connectivity index (χ2v) is 7.54. The van der Waals surface area contributed by atoms with Crippen molar-refractivity contribution in [2.24, 2.45) is 4.99 Å². The topological polar surface area (TPSA) is 69.1 Å². The molecule has 2 rings (SSSR count). The summed E-state index contributed by atoms with van der Waals surface area (Å²) in [7, 11) is 4.04. The van der Waals surface area contributed by atoms with Gasteiger partial charge in [-0.1, -0.05) is 18.2 Å². The minimum absolute atomic E-state index is 0. The molecule has 0 aliphatic heterocycles. The van der Waals surface area contributed by atoms with Crippen molar-refractivity contribution in [1.29, 1.82) is 0 Å². The molecule has 6 nitrogen and oxygen atoms in total. The van der Waals surface area contributed by atoms with E-state index in [-0.39, 0.29) is 42.3 Å². The van der Waals surface area contributed by atoms with Crippen LogP contribution >= 0.6 is 35.3 Å². The fraction of sp³-hybridized carbons (Fsp3) is 0.450. The molecule has 0 saturated heterocycles. The third-order valence-corrected chi connectivity index (χ3v) is 5.19. The number of hydrogen-bond acceptors (Lipinski definition) is 5. The number of aliphatic hydroxyl groups excluding tert-OH is 1. The van der Waals surface area contributed by atoms with Gasteiger partial charge >= 0.3 is 6.61 Å². The zero-order valence-corrected chi connectivity index (χ0v) is 20.4. The van der Waals surface area contributed by atoms with Gasteiger partial charge in [0.05, 0.1) is 18.7 Å². The Hall–Kier alpha value is -1.50. The lowest BCUT2D eigenvalue weighted by Crippen LogP contribution is -2.40. The van der Waals surface area contributed by atoms with E-state index in [2.05, 4.69) is 31.3 Å². The monoisotopic (exact) mass is 554 g/mol. The number of likely N-dealkylation sites (N-methyl/N-ethyl adjacent to an activating group) is 1. The molecule has 0 fully saturated rings. The number of ether oxygens (including phenoxy) is 1. The van der Waals surface area contributed by atoms with Crippen molar-refractivity contribution >= 4 is 41.3 Å². The second kappa shape index (κ2) is 13.7. The Morgan fingerprint density at radius 2 is 1.90 bits per heavy atom. The van der Waals surface area contributed by atoms with Crippen molar-refractivity contribution in [2.45, 2.75) is 25.7 Å². The Morgan fingerprint density at radius 1 is 1.20 bits per heavy atom. The number of halogens is 3. The summed E-state index contributed by atoms with van der Waals surface area (Å²) in [6.45, 7) is 0.586. The van der Waals surface area contributed by atoms with E-state index in [0.29, 0.717) is 24.6 Å². The number of rotatable bonds is 10. The molecule has 0 saturated carbocycles. The van der Waals surface area contributed by atoms with E-state index in [4.69, 9.17) is 0 Å². The highest BCUT2D eigenvalue weighted by Gasteiger charge is 2.15. The van der Waals surface area contributed by atoms with Gasteiger partial charge in [-0.15, -0.1) is 35.3 Å². The van der Waals surface area contributed by atoms with Crippen molar-refractivity contribution in [3.63, 3.8) is 0 Å². The van der Waals surface area contributed by atoms with Gasteiger partial charge in [0.15, 0.2) is 5.96 Å². The van der Waals surface area contributed by atoms with Gasteiger partial charge in [-0.2, -0.15) is 8.78 Å². The predicted molar refractivity (Wildman–Crippen MR) is 128 cm³/mol. The third-order valence-electron chi connectivity index (χ3n) is 4.21. The van der Waals surface area contributed by atoms with Crippen LogP contribution in [-0.2, 0) is 0 Å². The Kier molecular flexibility index (Phi) is 12.1. The van der Waals surface area contributed by atoms with E-state index < -0.39 is 12.7 Å². The summed E-state index contributed by atoms with van der Waals surface area (Å²) >= 11 is 1.70. The minimum Gasteiger partial charge on any atom is -0.435 e. The van der Waals surface area contributed by atoms with Crippen LogP contribution in [-0.4, -0.2) is 56.3 Å². The van der Waals surface area contributed by atoms with Crippen LogP contribution in [0.5, 0.6) is 5.75 Å². The third kappa shape index (κ3) is 8.70. The average molecular weight is 554 g/mol. The Balaban J connectivity index is 0.00000450. The Labute approximate surface area is 197 Å². The number of hydrogen-bond donors (Lipinski definition) is 3. The quantitative estimate of drug-likeness (QED) is 0.237. The maximum atomic E-state index is 12.2. The molecule has 0 amide bonds. The first-order valence-electron chi connectivity index (χ1n) is 9.35. The average Bonchev–Trinajstić information content (AvgIpc) is 3.20. The van der Waals surface area contributed by atoms with Gasteiger partial charge in [0.2, 0.25) is 0 Å². The highest BCUT2D eigenvalue weighted by molar-refractivity contribution is 14.0. The molecular formula is C20H29F2IN4O2S. The lowest BCUT2D eigenvalue weighted by atomic mass is 10.1. The van der Waals surface area contributed by atoms with Gasteiger partial charge in [0, 0.05) is 18.0 Å². The first-order chi connectivity index (χ1) is 13.9. The van der Waals surface area contributed by atoms with Crippen molar-refractivity contribution < 1.29 is 18.6 Å². The van der Waals surface area contributed by atoms with Gasteiger partial charge in [-0.05, 0) is 50.2 Å². The summed E-state index contributed by atoms with van der Waals surface area (Å²) in [4.78, 5) is 8.01. The van der Waals surface area contributed by atoms with Gasteiger partial charge in [-0.25, -0.2) is 0 Å². The van der Waals surface area contributed by atoms with Crippen LogP contribution in [0, 0.1) is 0 Å². The summed E-state index contributed by atoms with van der Waals surface area (Å²) in [5.74, 6) is 0.662. The van der Waals surface area contributed by atoms with Crippen LogP contribution < -0.4 is 15.4 Å². The molecule has 2 aromatic rings. The predicted octanol–water partition coefficient (Wildman–Crippen LogP) is 3.86. The number of nitrogens with zero attached hydrogens (tertiary/aromatic N) is 2. The van der Waals surface area contributed by atoms with E-state index >= 15 is 0 Å². The lowest BCUT2D eigenvalue weighted by Gasteiger charge is -2.22. The number of aliphatic hydroxyl groups is 1. The second-order valence-electron chi connectivity index (χ2n) is 6.56. The fourth-order valence-corrected chi connectivity index (χ4v) is 3.60. The lowest BCUT2D eigenvalue weighted by molar-refractivity contribution is -0.0498. The molecule has 1 aromatic carbocycles. The first-order valence-corrected chi connectivity index (χ1v) is 10.2. The number of aliphatic imine (C=N–C) groups is 1. The highest BCUT2D eigenvalue weighted by atomic mass is 127. The summed E-state index contributed by atoms with van der Waals surface area (Å²) < 4.78 is 28.8. The van der Waals surface area contributed by atoms with E-state index in [0.717, 1.165) is 0 Å². The van der Waals surface area contributed by atoms with Gasteiger partial charge < -0.3 is 25.4 Å². The van der Waals surface area contributed by atoms with Crippen LogP contribution in [0.4, 0.5) is 8.78 Å². The number of benzene rings is 1. The molecule has 3 N–H and O–H groups in total. The molecule has 0 spiro atoms. The van der Waals surface area contributed by atoms with Crippen molar-refractivity contribution in [1.82, 2.24) is 15.5 Å². The number of alkyl halides is 2. The Morgan fingerprint density at radius 3 is 2.43 bits per heavy atom. The summed E-state index contributed by atoms with van der Waals surface area (Å²) in [6, 6.07) is 10.2. The van der Waals surface area contributed by atoms with Crippen molar-refractivity contribution in [3.8, 4) is 5.75 Å². The molecule has 168 valence electrons. The smallest absolute Gasteiger partial charge is 0.387 e. The number of guanidine groups is 1. The SMILES string of the molecule is CCNC(=NCC(c1cccs1)N(C)C)NCC(O)c1ccc(OC(F)F)cc1.I. The highest BCUT2D eigenvalue weighted by Crippen LogP contribution is 2.23. The van der Waals surface area contributed by atoms with Gasteiger partial charge in [-0.3, -0.25) is 4.99 Å². The maximum Gasteiger partial charge on any atom is 0.387 e. The Bertz CT molecular complexity index is 746. The van der Waals surface area contributed by atoms with Crippen LogP contribution in [0.25, 0.3) is 0 Å². The van der Waals surface area contributed by atoms with Crippen LogP contribution in [0.1, 0.15) is 29.5 Å². The summed E-state index contributed by atoms with van der Waals surface area (Å²) in [6.07, 6.45) is -0.818. The van der Waals surface area contributed by atoms with Crippen LogP contribution in [0.15, 0.2) is 46.8 Å². The molecule has 1 aromatic heterocycles. The first kappa shape index (κ1) is 26.5. The molecule has 2 unspecified atom stereocenters. The fourth-order valence-electron chi connectivity index (χ4n) is 2.69. The van der Waals surface area contributed by atoms with Gasteiger partial charge in [0.25, 0.3) is 0 Å². The summed E-state index contributed by atoms with van der Waals surface area (Å²) in [5.41, 5.74) is 0.597. The molecule has 1 heterocycles. The molecule has 0 aliphatic carbocycles. The number of nitrogens with one attached hydrogen (secondary N) is 2. The van der Waals surface area contributed by atoms with E-state index in [9.17, 15) is 13.9 Å². The van der Waals surface area contributed by atoms with Crippen molar-refractivity contribution in [2.75, 3.05) is 33.7 Å². The molecule has 0 radical (unpaired) electrons. The molecular weight excluding hydrogens is 525 g/mol. The van der Waals surface area contributed by atoms with Gasteiger partial charge in [0.1, 0.15) is 5.75 Å². The minimum atomic E-state index is -2.87. The van der Waals surface area contributed by atoms with E-state index in [1.165, 1.54) is 17.0 Å². The number of thiophene rings is 1.